The lowest BCUT2D eigenvalue weighted by atomic mass is 9.44. The molecule has 4 fully saturated rings. The van der Waals surface area contributed by atoms with E-state index in [2.05, 4.69) is 20.8 Å². The fourth-order valence-corrected chi connectivity index (χ4v) is 9.99. The van der Waals surface area contributed by atoms with E-state index in [4.69, 9.17) is 9.84 Å². The zero-order chi connectivity index (χ0) is 25.5. The number of ketones is 1. The minimum Gasteiger partial charge on any atom is -0.497 e. The van der Waals surface area contributed by atoms with Crippen LogP contribution in [0.25, 0.3) is 10.9 Å². The van der Waals surface area contributed by atoms with E-state index in [9.17, 15) is 9.90 Å². The molecule has 5 heteroatoms. The molecule has 4 saturated carbocycles. The summed E-state index contributed by atoms with van der Waals surface area (Å²) in [5.41, 5.74) is 0.843. The van der Waals surface area contributed by atoms with Crippen LogP contribution in [0.2, 0.25) is 0 Å². The van der Waals surface area contributed by atoms with E-state index in [0.29, 0.717) is 35.5 Å². The van der Waals surface area contributed by atoms with Crippen LogP contribution in [0.5, 0.6) is 5.75 Å². The van der Waals surface area contributed by atoms with Gasteiger partial charge in [-0.3, -0.25) is 9.48 Å². The first-order valence-electron chi connectivity index (χ1n) is 14.3. The van der Waals surface area contributed by atoms with Crippen molar-refractivity contribution >= 4 is 16.7 Å². The van der Waals surface area contributed by atoms with Gasteiger partial charge in [0.1, 0.15) is 5.75 Å². The quantitative estimate of drug-likeness (QED) is 0.546. The molecule has 0 bridgehead atoms. The number of ether oxygens (including phenoxy) is 1. The maximum Gasteiger partial charge on any atom is 0.158 e. The Morgan fingerprint density at radius 1 is 1.11 bits per heavy atom. The van der Waals surface area contributed by atoms with Crippen molar-refractivity contribution < 1.29 is 14.6 Å². The molecule has 5 nitrogen and oxygen atoms in total. The zero-order valence-corrected chi connectivity index (χ0v) is 22.8. The first-order valence-corrected chi connectivity index (χ1v) is 14.3. The van der Waals surface area contributed by atoms with Gasteiger partial charge in [-0.15, -0.1) is 0 Å². The molecule has 0 spiro atoms. The maximum absolute atomic E-state index is 13.9. The average molecular weight is 493 g/mol. The summed E-state index contributed by atoms with van der Waals surface area (Å²) in [7, 11) is 1.67. The van der Waals surface area contributed by atoms with E-state index in [0.717, 1.165) is 54.2 Å². The smallest absolute Gasteiger partial charge is 0.158 e. The first kappa shape index (κ1) is 24.5. The summed E-state index contributed by atoms with van der Waals surface area (Å²) in [4.78, 5) is 13.9. The number of nitrogens with zero attached hydrogens (tertiary/aromatic N) is 2. The molecule has 4 aliphatic carbocycles. The molecule has 36 heavy (non-hydrogen) atoms. The lowest BCUT2D eigenvalue weighted by molar-refractivity contribution is -0.151. The van der Waals surface area contributed by atoms with E-state index in [1.54, 1.807) is 7.11 Å². The Morgan fingerprint density at radius 3 is 2.69 bits per heavy atom. The van der Waals surface area contributed by atoms with Gasteiger partial charge in [-0.2, -0.15) is 5.10 Å². The van der Waals surface area contributed by atoms with Gasteiger partial charge in [-0.1, -0.05) is 20.8 Å². The topological polar surface area (TPSA) is 64.3 Å². The second-order valence-electron chi connectivity index (χ2n) is 13.8. The minimum atomic E-state index is -0.484. The van der Waals surface area contributed by atoms with Crippen molar-refractivity contribution in [3.05, 3.63) is 24.4 Å². The number of carbonyl (C=O) groups excluding carboxylic acids is 1. The third kappa shape index (κ3) is 3.67. The minimum absolute atomic E-state index is 0.0941. The summed E-state index contributed by atoms with van der Waals surface area (Å²) in [5, 5.41) is 16.5. The van der Waals surface area contributed by atoms with Crippen molar-refractivity contribution in [2.75, 3.05) is 7.11 Å². The molecule has 0 saturated heterocycles. The number of fused-ring (bicyclic) bond motifs is 6. The number of hydrogen-bond acceptors (Lipinski definition) is 4. The van der Waals surface area contributed by atoms with Crippen molar-refractivity contribution in [1.29, 1.82) is 0 Å². The van der Waals surface area contributed by atoms with Gasteiger partial charge in [-0.05, 0) is 111 Å². The van der Waals surface area contributed by atoms with Crippen LogP contribution >= 0.6 is 0 Å². The molecular weight excluding hydrogens is 448 g/mol. The van der Waals surface area contributed by atoms with Gasteiger partial charge in [-0.25, -0.2) is 0 Å². The van der Waals surface area contributed by atoms with Crippen molar-refractivity contribution in [3.63, 3.8) is 0 Å². The van der Waals surface area contributed by atoms with Gasteiger partial charge in [0.25, 0.3) is 0 Å². The number of rotatable bonds is 4. The molecule has 1 unspecified atom stereocenters. The normalized spacial score (nSPS) is 44.1. The lowest BCUT2D eigenvalue weighted by Crippen LogP contribution is -2.55. The van der Waals surface area contributed by atoms with Crippen LogP contribution in [-0.2, 0) is 11.3 Å². The zero-order valence-electron chi connectivity index (χ0n) is 22.8. The van der Waals surface area contributed by atoms with Gasteiger partial charge < -0.3 is 9.84 Å². The molecule has 0 radical (unpaired) electrons. The first-order chi connectivity index (χ1) is 17.0. The van der Waals surface area contributed by atoms with Crippen LogP contribution in [-0.4, -0.2) is 33.4 Å². The van der Waals surface area contributed by atoms with Crippen molar-refractivity contribution in [3.8, 4) is 5.75 Å². The number of aliphatic hydroxyl groups is 1. The largest absolute Gasteiger partial charge is 0.497 e. The van der Waals surface area contributed by atoms with Crippen LogP contribution in [0.3, 0.4) is 0 Å². The number of aromatic nitrogens is 2. The number of carbonyl (C=O) groups is 1. The third-order valence-corrected chi connectivity index (χ3v) is 11.7. The van der Waals surface area contributed by atoms with Crippen molar-refractivity contribution in [2.45, 2.75) is 91.2 Å². The fourth-order valence-electron chi connectivity index (χ4n) is 9.99. The lowest BCUT2D eigenvalue weighted by Gasteiger charge is -2.61. The number of hydrogen-bond donors (Lipinski definition) is 1. The highest BCUT2D eigenvalue weighted by Gasteiger charge is 2.63. The predicted molar refractivity (Wildman–Crippen MR) is 142 cm³/mol. The van der Waals surface area contributed by atoms with Crippen LogP contribution in [0.15, 0.2) is 24.4 Å². The highest BCUT2D eigenvalue weighted by atomic mass is 16.5. The van der Waals surface area contributed by atoms with Gasteiger partial charge in [0.2, 0.25) is 0 Å². The number of Topliss-reactive ketones (excluding diaryl/α,β-unsaturated/α-hetero) is 1. The van der Waals surface area contributed by atoms with Crippen LogP contribution in [0, 0.1) is 46.3 Å². The molecule has 196 valence electrons. The summed E-state index contributed by atoms with van der Waals surface area (Å²) in [6, 6.07) is 5.90. The predicted octanol–water partition coefficient (Wildman–Crippen LogP) is 6.27. The van der Waals surface area contributed by atoms with E-state index in [-0.39, 0.29) is 11.3 Å². The Hall–Kier alpha value is -1.88. The third-order valence-electron chi connectivity index (χ3n) is 11.7. The van der Waals surface area contributed by atoms with Crippen LogP contribution in [0.1, 0.15) is 79.1 Å². The second kappa shape index (κ2) is 8.31. The summed E-state index contributed by atoms with van der Waals surface area (Å²) >= 11 is 0. The number of methoxy groups -OCH3 is 1. The molecule has 1 aromatic carbocycles. The summed E-state index contributed by atoms with van der Waals surface area (Å²) < 4.78 is 7.19. The SMILES string of the molecule is COc1ccc2cn(CC(=O)C3[C@H](C)C[C@H]4[C@@H]5CC[C@H]6C[C@](C)(O)CC[C@]6(C)[C@H]5CC[C@]34C)nc2c1. The molecule has 6 rings (SSSR count). The van der Waals surface area contributed by atoms with E-state index < -0.39 is 5.60 Å². The Balaban J connectivity index is 1.22. The molecular formula is C31H44N2O3. The molecule has 2 aromatic rings. The Labute approximate surface area is 216 Å². The second-order valence-corrected chi connectivity index (χ2v) is 13.8. The average Bonchev–Trinajstić information content (AvgIpc) is 3.34. The molecule has 9 atom stereocenters. The molecule has 1 N–H and O–H groups in total. The Morgan fingerprint density at radius 2 is 1.92 bits per heavy atom. The summed E-state index contributed by atoms with van der Waals surface area (Å²) in [6.07, 6.45) is 11.2. The maximum atomic E-state index is 13.9. The van der Waals surface area contributed by atoms with Gasteiger partial charge >= 0.3 is 0 Å². The van der Waals surface area contributed by atoms with Gasteiger partial charge in [0, 0.05) is 23.6 Å². The van der Waals surface area contributed by atoms with E-state index in [1.165, 1.54) is 25.7 Å². The summed E-state index contributed by atoms with van der Waals surface area (Å²) in [5.74, 6) is 4.46. The monoisotopic (exact) mass is 492 g/mol. The molecule has 0 aliphatic heterocycles. The van der Waals surface area contributed by atoms with Crippen molar-refractivity contribution in [2.24, 2.45) is 46.3 Å². The highest BCUT2D eigenvalue weighted by molar-refractivity contribution is 5.84. The molecule has 4 aliphatic rings. The Kier molecular flexibility index (Phi) is 5.65. The highest BCUT2D eigenvalue weighted by Crippen LogP contribution is 2.69. The van der Waals surface area contributed by atoms with Crippen LogP contribution in [0.4, 0.5) is 0 Å². The van der Waals surface area contributed by atoms with Gasteiger partial charge in [0.05, 0.1) is 24.8 Å². The molecule has 1 heterocycles. The summed E-state index contributed by atoms with van der Waals surface area (Å²) in [6.45, 7) is 9.73. The number of benzene rings is 1. The Bertz CT molecular complexity index is 1170. The standard InChI is InChI=1S/C31H44N2O3/c1-19-14-25-23-9-7-21-16-29(2,35)12-13-30(21,3)24(23)10-11-31(25,4)28(19)27(34)18-33-17-20-6-8-22(36-5)15-26(20)32-33/h6,8,15,17,19,21,23-25,28,35H,7,9-14,16,18H2,1-5H3/t19-,21+,23-,24+,25+,28?,29-,30+,31+/m1/s1. The van der Waals surface area contributed by atoms with E-state index in [1.807, 2.05) is 36.0 Å². The van der Waals surface area contributed by atoms with Crippen LogP contribution < -0.4 is 4.74 Å². The molecule has 1 aromatic heterocycles. The fraction of sp³-hybridized carbons (Fsp3) is 0.742. The molecule has 0 amide bonds. The van der Waals surface area contributed by atoms with Gasteiger partial charge in [0.15, 0.2) is 5.78 Å². The van der Waals surface area contributed by atoms with E-state index >= 15 is 0 Å². The van der Waals surface area contributed by atoms with Crippen molar-refractivity contribution in [1.82, 2.24) is 9.78 Å².